The van der Waals surface area contributed by atoms with Crippen molar-refractivity contribution in [2.75, 3.05) is 44.7 Å². The van der Waals surface area contributed by atoms with E-state index in [9.17, 15) is 19.7 Å². The molecule has 0 aromatic heterocycles. The van der Waals surface area contributed by atoms with Crippen LogP contribution in [0.1, 0.15) is 214 Å². The maximum absolute atomic E-state index is 14.3. The Morgan fingerprint density at radius 1 is 0.463 bits per heavy atom. The number of nitro groups is 1. The fourth-order valence-corrected chi connectivity index (χ4v) is 8.13. The van der Waals surface area contributed by atoms with Crippen molar-refractivity contribution in [3.63, 3.8) is 0 Å². The minimum Gasteiger partial charge on any atom is -0.496 e. The van der Waals surface area contributed by atoms with Gasteiger partial charge in [0.15, 0.2) is 0 Å². The first-order valence-electron chi connectivity index (χ1n) is 25.9. The number of nitrogens with zero attached hydrogens (tertiary/aromatic N) is 1. The summed E-state index contributed by atoms with van der Waals surface area (Å²) in [5.74, 6) is 0.0508. The molecule has 0 aliphatic rings. The lowest BCUT2D eigenvalue weighted by molar-refractivity contribution is -0.385. The number of carbonyl (C=O) groups excluding carboxylic acids is 2. The molecule has 0 radical (unpaired) electrons. The monoisotopic (exact) mass is 932 g/mol. The van der Waals surface area contributed by atoms with Gasteiger partial charge in [-0.15, -0.1) is 0 Å². The lowest BCUT2D eigenvalue weighted by Crippen LogP contribution is -2.18. The Morgan fingerprint density at radius 3 is 1.27 bits per heavy atom. The number of nitrogens with one attached hydrogen (secondary N) is 2. The predicted octanol–water partition coefficient (Wildman–Crippen LogP) is 15.8. The number of anilines is 2. The summed E-state index contributed by atoms with van der Waals surface area (Å²) in [6, 6.07) is 11.3. The summed E-state index contributed by atoms with van der Waals surface area (Å²) < 4.78 is 29.7. The van der Waals surface area contributed by atoms with Gasteiger partial charge in [0.2, 0.25) is 5.75 Å². The number of benzene rings is 3. The molecule has 0 aliphatic heterocycles. The summed E-state index contributed by atoms with van der Waals surface area (Å²) in [7, 11) is 2.89. The summed E-state index contributed by atoms with van der Waals surface area (Å²) in [5, 5.41) is 18.3. The fraction of sp³-hybridized carbons (Fsp3) is 0.636. The maximum atomic E-state index is 14.3. The molecule has 3 aromatic rings. The minimum atomic E-state index is -0.679. The molecule has 12 nitrogen and oxygen atoms in total. The van der Waals surface area contributed by atoms with Gasteiger partial charge in [0.25, 0.3) is 11.8 Å². The molecule has 12 heteroatoms. The van der Waals surface area contributed by atoms with Gasteiger partial charge in [-0.25, -0.2) is 0 Å². The number of methoxy groups -OCH3 is 2. The van der Waals surface area contributed by atoms with Gasteiger partial charge in [-0.3, -0.25) is 19.7 Å². The highest BCUT2D eigenvalue weighted by Gasteiger charge is 2.26. The standard InChI is InChI=1S/C55H85N3O9/c1-7-10-13-16-19-21-23-25-28-31-36-66-51-42-53(67-37-32-29-26-24-22-20-17-14-11-8-2)48(58(61)62)40-45(51)55(60)57-47-39-44(50(63-5)41-52(47)64-6)54(59)56-46-38-43(4)33-34-49(46)65-35-30-27-18-15-12-9-3/h33-34,38-42H,7-32,35-37H2,1-6H3,(H,56,59)(H,57,60). The number of hydrogen-bond donors (Lipinski definition) is 2. The molecule has 0 fully saturated rings. The zero-order valence-corrected chi connectivity index (χ0v) is 42.2. The molecule has 0 bridgehead atoms. The molecule has 0 unspecified atom stereocenters. The first kappa shape index (κ1) is 56.3. The van der Waals surface area contributed by atoms with Crippen molar-refractivity contribution < 1.29 is 38.2 Å². The van der Waals surface area contributed by atoms with E-state index < -0.39 is 16.7 Å². The normalized spacial score (nSPS) is 11.0. The van der Waals surface area contributed by atoms with Crippen molar-refractivity contribution in [3.8, 4) is 28.7 Å². The van der Waals surface area contributed by atoms with Crippen LogP contribution in [0, 0.1) is 17.0 Å². The van der Waals surface area contributed by atoms with Crippen LogP contribution in [0.15, 0.2) is 42.5 Å². The van der Waals surface area contributed by atoms with Gasteiger partial charge >= 0.3 is 5.69 Å². The van der Waals surface area contributed by atoms with Crippen LogP contribution in [0.2, 0.25) is 0 Å². The van der Waals surface area contributed by atoms with Crippen LogP contribution >= 0.6 is 0 Å². The molecule has 0 aliphatic carbocycles. The predicted molar refractivity (Wildman–Crippen MR) is 273 cm³/mol. The SMILES string of the molecule is CCCCCCCCCCCCOc1cc(OCCCCCCCCCCCC)c([N+](=O)[O-])cc1C(=O)Nc1cc(C(=O)Nc2cc(C)ccc2OCCCCCCCC)c(OC)cc1OC. The number of hydrogen-bond acceptors (Lipinski definition) is 9. The molecule has 67 heavy (non-hydrogen) atoms. The van der Waals surface area contributed by atoms with E-state index in [0.29, 0.717) is 31.3 Å². The molecule has 0 saturated carbocycles. The van der Waals surface area contributed by atoms with Gasteiger partial charge in [0.05, 0.1) is 61.5 Å². The maximum Gasteiger partial charge on any atom is 0.312 e. The smallest absolute Gasteiger partial charge is 0.312 e. The van der Waals surface area contributed by atoms with Crippen molar-refractivity contribution in [2.45, 2.75) is 195 Å². The number of carbonyl (C=O) groups is 2. The molecule has 3 aromatic carbocycles. The number of ether oxygens (including phenoxy) is 5. The number of unbranched alkanes of at least 4 members (excludes halogenated alkanes) is 23. The molecule has 374 valence electrons. The van der Waals surface area contributed by atoms with Crippen LogP contribution in [0.5, 0.6) is 28.7 Å². The van der Waals surface area contributed by atoms with Crippen molar-refractivity contribution >= 4 is 28.9 Å². The number of aryl methyl sites for hydroxylation is 1. The van der Waals surface area contributed by atoms with Crippen molar-refractivity contribution in [2.24, 2.45) is 0 Å². The third kappa shape index (κ3) is 21.7. The third-order valence-corrected chi connectivity index (χ3v) is 12.2. The zero-order chi connectivity index (χ0) is 48.5. The second-order valence-electron chi connectivity index (χ2n) is 17.9. The topological polar surface area (TPSA) is 147 Å². The van der Waals surface area contributed by atoms with Crippen molar-refractivity contribution in [1.29, 1.82) is 0 Å². The minimum absolute atomic E-state index is 0.0409. The average Bonchev–Trinajstić information content (AvgIpc) is 3.32. The molecule has 0 heterocycles. The number of amides is 2. The zero-order valence-electron chi connectivity index (χ0n) is 42.2. The Morgan fingerprint density at radius 2 is 0.836 bits per heavy atom. The average molecular weight is 932 g/mol. The van der Waals surface area contributed by atoms with Gasteiger partial charge in [-0.2, -0.15) is 0 Å². The van der Waals surface area contributed by atoms with Crippen LogP contribution in [-0.2, 0) is 0 Å². The highest BCUT2D eigenvalue weighted by molar-refractivity contribution is 6.11. The summed E-state index contributed by atoms with van der Waals surface area (Å²) >= 11 is 0. The second-order valence-corrected chi connectivity index (χ2v) is 17.9. The number of nitro benzene ring substituents is 1. The van der Waals surface area contributed by atoms with Gasteiger partial charge in [0.1, 0.15) is 23.0 Å². The number of rotatable bonds is 39. The molecule has 3 rings (SSSR count). The highest BCUT2D eigenvalue weighted by Crippen LogP contribution is 2.38. The van der Waals surface area contributed by atoms with E-state index in [2.05, 4.69) is 31.4 Å². The van der Waals surface area contributed by atoms with Gasteiger partial charge in [-0.05, 0) is 49.9 Å². The van der Waals surface area contributed by atoms with Crippen LogP contribution in [0.25, 0.3) is 0 Å². The van der Waals surface area contributed by atoms with Crippen molar-refractivity contribution in [1.82, 2.24) is 0 Å². The molecule has 0 atom stereocenters. The van der Waals surface area contributed by atoms with E-state index in [-0.39, 0.29) is 45.5 Å². The van der Waals surface area contributed by atoms with E-state index in [4.69, 9.17) is 23.7 Å². The van der Waals surface area contributed by atoms with E-state index in [1.807, 2.05) is 25.1 Å². The van der Waals surface area contributed by atoms with E-state index in [1.165, 1.54) is 141 Å². The molecule has 2 amide bonds. The van der Waals surface area contributed by atoms with E-state index in [1.54, 1.807) is 0 Å². The quantitative estimate of drug-likeness (QED) is 0.0324. The van der Waals surface area contributed by atoms with E-state index in [0.717, 1.165) is 69.8 Å². The Labute approximate surface area is 403 Å². The molecule has 0 saturated heterocycles. The van der Waals surface area contributed by atoms with E-state index >= 15 is 0 Å². The summed E-state index contributed by atoms with van der Waals surface area (Å²) in [6.45, 7) is 9.75. The van der Waals surface area contributed by atoms with Gasteiger partial charge in [-0.1, -0.05) is 175 Å². The first-order chi connectivity index (χ1) is 32.7. The van der Waals surface area contributed by atoms with Crippen molar-refractivity contribution in [3.05, 3.63) is 69.3 Å². The molecular formula is C55H85N3O9. The highest BCUT2D eigenvalue weighted by atomic mass is 16.6. The lowest BCUT2D eigenvalue weighted by Gasteiger charge is -2.18. The molecule has 0 spiro atoms. The van der Waals surface area contributed by atoms with Crippen LogP contribution in [0.4, 0.5) is 17.1 Å². The second kappa shape index (κ2) is 34.3. The Balaban J connectivity index is 1.81. The first-order valence-corrected chi connectivity index (χ1v) is 25.9. The largest absolute Gasteiger partial charge is 0.496 e. The summed E-state index contributed by atoms with van der Waals surface area (Å²) in [6.07, 6.45) is 29.9. The molecule has 2 N–H and O–H groups in total. The lowest BCUT2D eigenvalue weighted by atomic mass is 10.1. The fourth-order valence-electron chi connectivity index (χ4n) is 8.13. The van der Waals surface area contributed by atoms with Crippen LogP contribution in [0.3, 0.4) is 0 Å². The third-order valence-electron chi connectivity index (χ3n) is 12.2. The van der Waals surface area contributed by atoms with Crippen LogP contribution in [-0.4, -0.2) is 50.8 Å². The van der Waals surface area contributed by atoms with Gasteiger partial charge in [0, 0.05) is 18.2 Å². The Hall–Kier alpha value is -5.00. The van der Waals surface area contributed by atoms with Gasteiger partial charge < -0.3 is 34.3 Å². The Kier molecular flexibility index (Phi) is 28.8. The molecular weight excluding hydrogens is 847 g/mol. The summed E-state index contributed by atoms with van der Waals surface area (Å²) in [5.41, 5.74) is 1.35. The summed E-state index contributed by atoms with van der Waals surface area (Å²) in [4.78, 5) is 40.3. The Bertz CT molecular complexity index is 1880. The van der Waals surface area contributed by atoms with Crippen LogP contribution < -0.4 is 34.3 Å².